The smallest absolute Gasteiger partial charge is 0.122 e. The second kappa shape index (κ2) is 5.31. The number of aryl methyl sites for hydroxylation is 1. The molecule has 1 atom stereocenters. The molecule has 1 heterocycles. The molecule has 2 rings (SSSR count). The molecule has 0 saturated carbocycles. The number of hydrogen-bond acceptors (Lipinski definition) is 2. The summed E-state index contributed by atoms with van der Waals surface area (Å²) in [4.78, 5) is 0. The summed E-state index contributed by atoms with van der Waals surface area (Å²) in [5.41, 5.74) is 2.69. The number of rotatable bonds is 4. The second-order valence-electron chi connectivity index (χ2n) is 6.31. The Kier molecular flexibility index (Phi) is 3.96. The van der Waals surface area contributed by atoms with Gasteiger partial charge in [0.2, 0.25) is 0 Å². The summed E-state index contributed by atoms with van der Waals surface area (Å²) in [6.07, 6.45) is 3.78. The second-order valence-corrected chi connectivity index (χ2v) is 6.31. The first-order chi connectivity index (χ1) is 8.47. The van der Waals surface area contributed by atoms with Crippen molar-refractivity contribution in [1.29, 1.82) is 0 Å². The number of ether oxygens (including phenoxy) is 1. The predicted molar refractivity (Wildman–Crippen MR) is 74.0 cm³/mol. The van der Waals surface area contributed by atoms with E-state index in [0.29, 0.717) is 0 Å². The number of aliphatic hydroxyl groups is 1. The van der Waals surface area contributed by atoms with Crippen molar-refractivity contribution in [3.63, 3.8) is 0 Å². The maximum absolute atomic E-state index is 10.00. The Morgan fingerprint density at radius 1 is 1.33 bits per heavy atom. The maximum Gasteiger partial charge on any atom is 0.122 e. The molecule has 100 valence electrons. The van der Waals surface area contributed by atoms with Crippen molar-refractivity contribution in [2.24, 2.45) is 5.41 Å². The fourth-order valence-electron chi connectivity index (χ4n) is 2.33. The van der Waals surface area contributed by atoms with Crippen molar-refractivity contribution in [1.82, 2.24) is 0 Å². The monoisotopic (exact) mass is 248 g/mol. The highest BCUT2D eigenvalue weighted by atomic mass is 16.5. The lowest BCUT2D eigenvalue weighted by Gasteiger charge is -2.25. The molecule has 0 radical (unpaired) electrons. The van der Waals surface area contributed by atoms with Gasteiger partial charge in [0.15, 0.2) is 0 Å². The average Bonchev–Trinajstić information content (AvgIpc) is 2.74. The van der Waals surface area contributed by atoms with Crippen molar-refractivity contribution in [3.05, 3.63) is 29.3 Å². The number of aliphatic hydroxyl groups excluding tert-OH is 1. The van der Waals surface area contributed by atoms with Crippen molar-refractivity contribution in [2.45, 2.75) is 52.6 Å². The molecule has 1 aromatic carbocycles. The minimum atomic E-state index is -0.213. The van der Waals surface area contributed by atoms with Crippen LogP contribution in [0.3, 0.4) is 0 Å². The molecule has 1 N–H and O–H groups in total. The summed E-state index contributed by atoms with van der Waals surface area (Å²) in [6, 6.07) is 6.48. The standard InChI is InChI=1S/C16H24O2/c1-16(2,3)15(17)6-4-5-12-7-8-14-13(11-12)9-10-18-14/h7-8,11,15,17H,4-6,9-10H2,1-3H3. The van der Waals surface area contributed by atoms with Gasteiger partial charge in [-0.25, -0.2) is 0 Å². The highest BCUT2D eigenvalue weighted by molar-refractivity contribution is 5.39. The van der Waals surface area contributed by atoms with E-state index in [4.69, 9.17) is 4.74 Å². The first kappa shape index (κ1) is 13.4. The molecule has 0 saturated heterocycles. The molecular weight excluding hydrogens is 224 g/mol. The fraction of sp³-hybridized carbons (Fsp3) is 0.625. The van der Waals surface area contributed by atoms with Gasteiger partial charge in [-0.1, -0.05) is 32.9 Å². The highest BCUT2D eigenvalue weighted by Gasteiger charge is 2.21. The molecule has 1 aromatic rings. The van der Waals surface area contributed by atoms with Crippen LogP contribution in [0.2, 0.25) is 0 Å². The van der Waals surface area contributed by atoms with Crippen molar-refractivity contribution < 1.29 is 9.84 Å². The third kappa shape index (κ3) is 3.26. The number of fused-ring (bicyclic) bond motifs is 1. The zero-order chi connectivity index (χ0) is 13.2. The van der Waals surface area contributed by atoms with Crippen LogP contribution in [-0.4, -0.2) is 17.8 Å². The van der Waals surface area contributed by atoms with Crippen LogP contribution in [0.1, 0.15) is 44.7 Å². The Morgan fingerprint density at radius 3 is 2.83 bits per heavy atom. The zero-order valence-corrected chi connectivity index (χ0v) is 11.7. The van der Waals surface area contributed by atoms with E-state index in [1.807, 2.05) is 0 Å². The van der Waals surface area contributed by atoms with Crippen LogP contribution in [0.25, 0.3) is 0 Å². The van der Waals surface area contributed by atoms with Gasteiger partial charge in [-0.3, -0.25) is 0 Å². The van der Waals surface area contributed by atoms with E-state index < -0.39 is 0 Å². The topological polar surface area (TPSA) is 29.5 Å². The van der Waals surface area contributed by atoms with Gasteiger partial charge in [0.05, 0.1) is 12.7 Å². The summed E-state index contributed by atoms with van der Waals surface area (Å²) in [5.74, 6) is 1.05. The third-order valence-corrected chi connectivity index (χ3v) is 3.70. The van der Waals surface area contributed by atoms with E-state index >= 15 is 0 Å². The van der Waals surface area contributed by atoms with Crippen LogP contribution < -0.4 is 4.74 Å². The molecule has 0 bridgehead atoms. The summed E-state index contributed by atoms with van der Waals surface area (Å²) in [5, 5.41) is 10.00. The van der Waals surface area contributed by atoms with Crippen LogP contribution in [0.15, 0.2) is 18.2 Å². The predicted octanol–water partition coefficient (Wildman–Crippen LogP) is 3.35. The number of benzene rings is 1. The minimum Gasteiger partial charge on any atom is -0.493 e. The van der Waals surface area contributed by atoms with Crippen LogP contribution in [0.4, 0.5) is 0 Å². The normalized spacial score (nSPS) is 16.2. The lowest BCUT2D eigenvalue weighted by atomic mass is 9.86. The molecule has 0 fully saturated rings. The van der Waals surface area contributed by atoms with Crippen molar-refractivity contribution in [3.8, 4) is 5.75 Å². The van der Waals surface area contributed by atoms with E-state index in [1.165, 1.54) is 11.1 Å². The summed E-state index contributed by atoms with van der Waals surface area (Å²) < 4.78 is 5.50. The maximum atomic E-state index is 10.00. The van der Waals surface area contributed by atoms with Crippen LogP contribution in [0.5, 0.6) is 5.75 Å². The average molecular weight is 248 g/mol. The molecule has 2 nitrogen and oxygen atoms in total. The number of hydrogen-bond donors (Lipinski definition) is 1. The van der Waals surface area contributed by atoms with E-state index in [-0.39, 0.29) is 11.5 Å². The van der Waals surface area contributed by atoms with Gasteiger partial charge < -0.3 is 9.84 Å². The lowest BCUT2D eigenvalue weighted by molar-refractivity contribution is 0.0540. The van der Waals surface area contributed by atoms with Crippen LogP contribution in [0, 0.1) is 5.41 Å². The Morgan fingerprint density at radius 2 is 2.11 bits per heavy atom. The van der Waals surface area contributed by atoms with E-state index in [1.54, 1.807) is 0 Å². The van der Waals surface area contributed by atoms with Gasteiger partial charge in [-0.2, -0.15) is 0 Å². The molecule has 0 amide bonds. The molecule has 1 unspecified atom stereocenters. The van der Waals surface area contributed by atoms with Gasteiger partial charge in [0.25, 0.3) is 0 Å². The van der Waals surface area contributed by atoms with Gasteiger partial charge >= 0.3 is 0 Å². The fourth-order valence-corrected chi connectivity index (χ4v) is 2.33. The molecule has 0 aliphatic carbocycles. The Hall–Kier alpha value is -1.02. The van der Waals surface area contributed by atoms with Crippen molar-refractivity contribution in [2.75, 3.05) is 6.61 Å². The Bertz CT molecular complexity index is 404. The summed E-state index contributed by atoms with van der Waals surface area (Å²) >= 11 is 0. The van der Waals surface area contributed by atoms with E-state index in [0.717, 1.165) is 38.0 Å². The van der Waals surface area contributed by atoms with E-state index in [9.17, 15) is 5.11 Å². The molecule has 0 aromatic heterocycles. The Labute approximate surface area is 110 Å². The van der Waals surface area contributed by atoms with Crippen molar-refractivity contribution >= 4 is 0 Å². The third-order valence-electron chi connectivity index (χ3n) is 3.70. The largest absolute Gasteiger partial charge is 0.493 e. The van der Waals surface area contributed by atoms with E-state index in [2.05, 4.69) is 39.0 Å². The van der Waals surface area contributed by atoms with Gasteiger partial charge in [-0.15, -0.1) is 0 Å². The first-order valence-electron chi connectivity index (χ1n) is 6.89. The molecule has 0 spiro atoms. The first-order valence-corrected chi connectivity index (χ1v) is 6.89. The SMILES string of the molecule is CC(C)(C)C(O)CCCc1ccc2c(c1)CCO2. The molecule has 1 aliphatic rings. The van der Waals surface area contributed by atoms with Gasteiger partial charge in [-0.05, 0) is 41.9 Å². The lowest BCUT2D eigenvalue weighted by Crippen LogP contribution is -2.25. The quantitative estimate of drug-likeness (QED) is 0.885. The summed E-state index contributed by atoms with van der Waals surface area (Å²) in [7, 11) is 0. The highest BCUT2D eigenvalue weighted by Crippen LogP contribution is 2.27. The molecule has 18 heavy (non-hydrogen) atoms. The molecule has 1 aliphatic heterocycles. The van der Waals surface area contributed by atoms with Crippen LogP contribution >= 0.6 is 0 Å². The van der Waals surface area contributed by atoms with Gasteiger partial charge in [0.1, 0.15) is 5.75 Å². The molecular formula is C16H24O2. The molecule has 2 heteroatoms. The minimum absolute atomic E-state index is 0.00816. The van der Waals surface area contributed by atoms with Crippen LogP contribution in [-0.2, 0) is 12.8 Å². The summed E-state index contributed by atoms with van der Waals surface area (Å²) in [6.45, 7) is 7.08. The van der Waals surface area contributed by atoms with Gasteiger partial charge in [0, 0.05) is 6.42 Å². The Balaban J connectivity index is 1.84. The zero-order valence-electron chi connectivity index (χ0n) is 11.7.